The van der Waals surface area contributed by atoms with E-state index >= 15 is 0 Å². The molecule has 0 radical (unpaired) electrons. The molecule has 1 aromatic rings. The molecule has 2 aliphatic heterocycles. The van der Waals surface area contributed by atoms with Crippen LogP contribution in [-0.2, 0) is 20.9 Å². The highest BCUT2D eigenvalue weighted by Crippen LogP contribution is 2.52. The minimum absolute atomic E-state index is 0.161. The third-order valence-electron chi connectivity index (χ3n) is 3.88. The van der Waals surface area contributed by atoms with Crippen molar-refractivity contribution in [3.63, 3.8) is 0 Å². The first-order chi connectivity index (χ1) is 9.61. The Morgan fingerprint density at radius 3 is 2.85 bits per heavy atom. The number of carbonyl (C=O) groups is 1. The summed E-state index contributed by atoms with van der Waals surface area (Å²) in [5.41, 5.74) is 0.701. The van der Waals surface area contributed by atoms with Crippen LogP contribution in [0, 0.1) is 0 Å². The van der Waals surface area contributed by atoms with Crippen molar-refractivity contribution in [3.8, 4) is 0 Å². The zero-order chi connectivity index (χ0) is 14.2. The van der Waals surface area contributed by atoms with Crippen molar-refractivity contribution < 1.29 is 14.3 Å². The molecule has 3 nitrogen and oxygen atoms in total. The number of rotatable bonds is 4. The lowest BCUT2D eigenvalue weighted by Gasteiger charge is -2.29. The summed E-state index contributed by atoms with van der Waals surface area (Å²) in [6, 6.07) is 10.0. The van der Waals surface area contributed by atoms with Gasteiger partial charge in [0.1, 0.15) is 14.5 Å². The molecule has 2 aliphatic rings. The summed E-state index contributed by atoms with van der Waals surface area (Å²) in [4.78, 5) is 12.1. The molecule has 2 saturated heterocycles. The predicted octanol–water partition coefficient (Wildman–Crippen LogP) is 1.77. The van der Waals surface area contributed by atoms with Gasteiger partial charge in [0.05, 0.1) is 15.9 Å². The number of alkyl halides is 1. The maximum atomic E-state index is 12.1. The fraction of sp³-hybridized carbons (Fsp3) is 0.500. The molecule has 4 atom stereocenters. The Labute approximate surface area is 137 Å². The number of hydrogen-bond donors (Lipinski definition) is 0. The Balaban J connectivity index is 1.57. The minimum Gasteiger partial charge on any atom is -0.461 e. The van der Waals surface area contributed by atoms with E-state index in [1.54, 1.807) is 0 Å². The van der Waals surface area contributed by atoms with Crippen LogP contribution in [-0.4, -0.2) is 40.3 Å². The normalized spacial score (nSPS) is 35.1. The van der Waals surface area contributed by atoms with Crippen molar-refractivity contribution in [2.24, 2.45) is 0 Å². The zero-order valence-electron chi connectivity index (χ0n) is 11.3. The number of benzene rings is 1. The highest BCUT2D eigenvalue weighted by Gasteiger charge is 2.58. The predicted molar refractivity (Wildman–Crippen MR) is 91.1 cm³/mol. The summed E-state index contributed by atoms with van der Waals surface area (Å²) in [5, 5.41) is 0.512. The van der Waals surface area contributed by atoms with Gasteiger partial charge in [-0.1, -0.05) is 52.9 Å². The molecular formula is C14H16BIO3S. The van der Waals surface area contributed by atoms with E-state index in [9.17, 15) is 4.79 Å². The lowest BCUT2D eigenvalue weighted by molar-refractivity contribution is -0.150. The van der Waals surface area contributed by atoms with Crippen molar-refractivity contribution in [2.45, 2.75) is 33.8 Å². The fourth-order valence-electron chi connectivity index (χ4n) is 2.83. The molecule has 2 heterocycles. The first-order valence-electron chi connectivity index (χ1n) is 6.74. The summed E-state index contributed by atoms with van der Waals surface area (Å²) >= 11 is 4.36. The van der Waals surface area contributed by atoms with Crippen LogP contribution in [0.1, 0.15) is 12.0 Å². The first-order valence-corrected chi connectivity index (χ1v) is 9.03. The highest BCUT2D eigenvalue weighted by molar-refractivity contribution is 14.1. The summed E-state index contributed by atoms with van der Waals surface area (Å²) < 4.78 is 11.8. The molecule has 2 fully saturated rings. The van der Waals surface area contributed by atoms with Crippen molar-refractivity contribution in [1.29, 1.82) is 0 Å². The molecule has 0 N–H and O–H groups in total. The van der Waals surface area contributed by atoms with Gasteiger partial charge in [-0.3, -0.25) is 4.79 Å². The fourth-order valence-corrected chi connectivity index (χ4v) is 6.50. The third kappa shape index (κ3) is 2.74. The summed E-state index contributed by atoms with van der Waals surface area (Å²) in [6.45, 7) is 0.341. The lowest BCUT2D eigenvalue weighted by Crippen LogP contribution is -2.40. The maximum absolute atomic E-state index is 12.1. The Kier molecular flexibility index (Phi) is 4.33. The average Bonchev–Trinajstić information content (AvgIpc) is 2.86. The second-order valence-corrected chi connectivity index (χ2v) is 7.90. The monoisotopic (exact) mass is 402 g/mol. The molecule has 0 amide bonds. The standard InChI is InChI=1S/C14H16BIO3S/c15-13-11-12(16)14(19-13,8-20-11)6-10(17)18-7-9-4-2-1-3-5-9/h1-5,11-13H,6-8,15H2/t11?,12?,13-,14-/m1/s1. The van der Waals surface area contributed by atoms with Gasteiger partial charge in [0, 0.05) is 17.0 Å². The van der Waals surface area contributed by atoms with Crippen molar-refractivity contribution in [1.82, 2.24) is 0 Å². The molecule has 106 valence electrons. The Bertz CT molecular complexity index is 500. The highest BCUT2D eigenvalue weighted by atomic mass is 127. The second-order valence-electron chi connectivity index (χ2n) is 5.39. The Hall–Kier alpha value is -0.205. The second kappa shape index (κ2) is 5.89. The van der Waals surface area contributed by atoms with Gasteiger partial charge in [0.25, 0.3) is 0 Å². The topological polar surface area (TPSA) is 35.5 Å². The van der Waals surface area contributed by atoms with E-state index in [0.29, 0.717) is 22.2 Å². The van der Waals surface area contributed by atoms with E-state index in [0.717, 1.165) is 11.3 Å². The van der Waals surface area contributed by atoms with Gasteiger partial charge >= 0.3 is 5.97 Å². The number of fused-ring (bicyclic) bond motifs is 2. The smallest absolute Gasteiger partial charge is 0.309 e. The zero-order valence-corrected chi connectivity index (χ0v) is 14.2. The molecule has 0 saturated carbocycles. The Morgan fingerprint density at radius 2 is 2.25 bits per heavy atom. The van der Waals surface area contributed by atoms with Crippen LogP contribution in [0.15, 0.2) is 30.3 Å². The first kappa shape index (κ1) is 14.7. The van der Waals surface area contributed by atoms with E-state index in [1.165, 1.54) is 0 Å². The summed E-state index contributed by atoms with van der Waals surface area (Å²) in [5.74, 6) is 0.738. The van der Waals surface area contributed by atoms with E-state index in [4.69, 9.17) is 9.47 Å². The number of thioether (sulfide) groups is 1. The van der Waals surface area contributed by atoms with E-state index < -0.39 is 0 Å². The van der Waals surface area contributed by atoms with Gasteiger partial charge in [0.15, 0.2) is 0 Å². The van der Waals surface area contributed by atoms with Crippen LogP contribution in [0.5, 0.6) is 0 Å². The average molecular weight is 402 g/mol. The largest absolute Gasteiger partial charge is 0.461 e. The van der Waals surface area contributed by atoms with Crippen LogP contribution >= 0.6 is 34.4 Å². The van der Waals surface area contributed by atoms with Crippen LogP contribution < -0.4 is 0 Å². The van der Waals surface area contributed by atoms with Crippen LogP contribution in [0.4, 0.5) is 0 Å². The minimum atomic E-state index is -0.316. The van der Waals surface area contributed by atoms with Gasteiger partial charge < -0.3 is 9.47 Å². The van der Waals surface area contributed by atoms with Crippen molar-refractivity contribution in [3.05, 3.63) is 35.9 Å². The molecule has 2 unspecified atom stereocenters. The summed E-state index contributed by atoms with van der Waals surface area (Å²) in [7, 11) is 2.10. The molecule has 1 aromatic carbocycles. The van der Waals surface area contributed by atoms with Gasteiger partial charge in [-0.15, -0.1) is 0 Å². The maximum Gasteiger partial charge on any atom is 0.309 e. The summed E-state index contributed by atoms with van der Waals surface area (Å²) in [6.07, 6.45) is 0.362. The Morgan fingerprint density at radius 1 is 1.50 bits per heavy atom. The molecule has 2 bridgehead atoms. The number of hydrogen-bond acceptors (Lipinski definition) is 4. The van der Waals surface area contributed by atoms with Crippen LogP contribution in [0.25, 0.3) is 0 Å². The van der Waals surface area contributed by atoms with E-state index in [1.807, 2.05) is 42.1 Å². The lowest BCUT2D eigenvalue weighted by atomic mass is 9.94. The van der Waals surface area contributed by atoms with Crippen molar-refractivity contribution in [2.75, 3.05) is 5.75 Å². The third-order valence-corrected chi connectivity index (χ3v) is 7.97. The molecular weight excluding hydrogens is 386 g/mol. The number of esters is 1. The number of carbonyl (C=O) groups excluding carboxylic acids is 1. The SMILES string of the molecule is B[C@@H]1O[C@]2(CC(=O)OCc3ccccc3)CSC1C2I. The van der Waals surface area contributed by atoms with Crippen LogP contribution in [0.2, 0.25) is 0 Å². The van der Waals surface area contributed by atoms with E-state index in [-0.39, 0.29) is 17.6 Å². The molecule has 3 rings (SSSR count). The molecule has 0 aliphatic carbocycles. The quantitative estimate of drug-likeness (QED) is 0.333. The van der Waals surface area contributed by atoms with Gasteiger partial charge in [-0.25, -0.2) is 0 Å². The van der Waals surface area contributed by atoms with Crippen LogP contribution in [0.3, 0.4) is 0 Å². The molecule has 6 heteroatoms. The molecule has 0 spiro atoms. The molecule has 20 heavy (non-hydrogen) atoms. The van der Waals surface area contributed by atoms with Gasteiger partial charge in [0.2, 0.25) is 0 Å². The van der Waals surface area contributed by atoms with Gasteiger partial charge in [-0.05, 0) is 5.56 Å². The van der Waals surface area contributed by atoms with Crippen molar-refractivity contribution >= 4 is 48.2 Å². The molecule has 0 aromatic heterocycles. The van der Waals surface area contributed by atoms with E-state index in [2.05, 4.69) is 30.4 Å². The van der Waals surface area contributed by atoms with Gasteiger partial charge in [-0.2, -0.15) is 11.8 Å². The number of ether oxygens (including phenoxy) is 2. The number of halogens is 1.